The minimum absolute atomic E-state index is 0.00870. The molecule has 0 bridgehead atoms. The fourth-order valence-corrected chi connectivity index (χ4v) is 4.84. The van der Waals surface area contributed by atoms with Crippen molar-refractivity contribution < 1.29 is 26.4 Å². The lowest BCUT2D eigenvalue weighted by molar-refractivity contribution is -0.137. The molecule has 0 spiro atoms. The van der Waals surface area contributed by atoms with Crippen molar-refractivity contribution in [3.05, 3.63) is 64.1 Å². The summed E-state index contributed by atoms with van der Waals surface area (Å²) >= 11 is 3.31. The number of amides is 1. The average Bonchev–Trinajstić information content (AvgIpc) is 2.67. The molecule has 1 aliphatic heterocycles. The van der Waals surface area contributed by atoms with Crippen molar-refractivity contribution in [3.8, 4) is 0 Å². The fourth-order valence-electron chi connectivity index (χ4n) is 2.92. The van der Waals surface area contributed by atoms with Crippen LogP contribution in [0.25, 0.3) is 0 Å². The molecule has 1 saturated heterocycles. The minimum Gasteiger partial charge on any atom is -0.336 e. The van der Waals surface area contributed by atoms with Crippen molar-refractivity contribution in [2.45, 2.75) is 11.1 Å². The number of carbonyl (C=O) groups excluding carboxylic acids is 1. The number of hydrogen-bond acceptors (Lipinski definition) is 3. The molecule has 0 saturated carbocycles. The third-order valence-corrected chi connectivity index (χ3v) is 7.02. The highest BCUT2D eigenvalue weighted by Crippen LogP contribution is 2.31. The molecule has 1 fully saturated rings. The van der Waals surface area contributed by atoms with Gasteiger partial charge in [-0.05, 0) is 46.3 Å². The SMILES string of the molecule is O=C(c1ccccc1Br)N1CCN(S(=O)(=O)c2cccc(C(F)(F)F)c2)CC1. The van der Waals surface area contributed by atoms with Crippen LogP contribution in [0, 0.1) is 0 Å². The van der Waals surface area contributed by atoms with E-state index in [-0.39, 0.29) is 32.1 Å². The number of rotatable bonds is 3. The van der Waals surface area contributed by atoms with Gasteiger partial charge in [0.2, 0.25) is 10.0 Å². The summed E-state index contributed by atoms with van der Waals surface area (Å²) < 4.78 is 65.8. The van der Waals surface area contributed by atoms with E-state index in [4.69, 9.17) is 0 Å². The average molecular weight is 477 g/mol. The zero-order chi connectivity index (χ0) is 20.5. The zero-order valence-electron chi connectivity index (χ0n) is 14.5. The molecule has 0 aliphatic carbocycles. The Morgan fingerprint density at radius 1 is 0.964 bits per heavy atom. The number of halogens is 4. The molecule has 2 aromatic rings. The van der Waals surface area contributed by atoms with Crippen LogP contribution in [0.5, 0.6) is 0 Å². The summed E-state index contributed by atoms with van der Waals surface area (Å²) in [6, 6.07) is 10.6. The van der Waals surface area contributed by atoms with E-state index < -0.39 is 26.7 Å². The summed E-state index contributed by atoms with van der Waals surface area (Å²) in [6.45, 7) is 0.320. The predicted molar refractivity (Wildman–Crippen MR) is 100 cm³/mol. The molecule has 1 heterocycles. The normalized spacial score (nSPS) is 16.2. The first-order chi connectivity index (χ1) is 13.1. The number of piperazine rings is 1. The van der Waals surface area contributed by atoms with E-state index in [1.54, 1.807) is 24.3 Å². The molecule has 0 radical (unpaired) electrons. The Hall–Kier alpha value is -1.91. The summed E-state index contributed by atoms with van der Waals surface area (Å²) in [4.78, 5) is 13.7. The Bertz CT molecular complexity index is 988. The van der Waals surface area contributed by atoms with Crippen LogP contribution in [0.2, 0.25) is 0 Å². The zero-order valence-corrected chi connectivity index (χ0v) is 16.9. The van der Waals surface area contributed by atoms with Crippen molar-refractivity contribution in [1.82, 2.24) is 9.21 Å². The molecular weight excluding hydrogens is 461 g/mol. The molecule has 0 aromatic heterocycles. The van der Waals surface area contributed by atoms with Gasteiger partial charge >= 0.3 is 6.18 Å². The lowest BCUT2D eigenvalue weighted by atomic mass is 10.2. The van der Waals surface area contributed by atoms with Gasteiger partial charge in [0, 0.05) is 30.7 Å². The van der Waals surface area contributed by atoms with E-state index in [9.17, 15) is 26.4 Å². The molecule has 5 nitrogen and oxygen atoms in total. The number of alkyl halides is 3. The Morgan fingerprint density at radius 2 is 1.61 bits per heavy atom. The van der Waals surface area contributed by atoms with Crippen LogP contribution in [0.1, 0.15) is 15.9 Å². The van der Waals surface area contributed by atoms with E-state index in [0.717, 1.165) is 22.5 Å². The predicted octanol–water partition coefficient (Wildman–Crippen LogP) is 3.61. The highest BCUT2D eigenvalue weighted by Gasteiger charge is 2.34. The second-order valence-corrected chi connectivity index (χ2v) is 8.99. The van der Waals surface area contributed by atoms with Crippen molar-refractivity contribution in [2.24, 2.45) is 0 Å². The maximum atomic E-state index is 12.9. The molecule has 0 N–H and O–H groups in total. The van der Waals surface area contributed by atoms with Crippen LogP contribution in [-0.2, 0) is 16.2 Å². The van der Waals surface area contributed by atoms with Gasteiger partial charge in [-0.25, -0.2) is 8.42 Å². The van der Waals surface area contributed by atoms with Crippen LogP contribution < -0.4 is 0 Å². The summed E-state index contributed by atoms with van der Waals surface area (Å²) in [5.74, 6) is -0.233. The summed E-state index contributed by atoms with van der Waals surface area (Å²) in [7, 11) is -4.08. The van der Waals surface area contributed by atoms with Crippen LogP contribution >= 0.6 is 15.9 Å². The standard InChI is InChI=1S/C18H16BrF3N2O3S/c19-16-7-2-1-6-15(16)17(25)23-8-10-24(11-9-23)28(26,27)14-5-3-4-13(12-14)18(20,21)22/h1-7,12H,8-11H2. The quantitative estimate of drug-likeness (QED) is 0.679. The third kappa shape index (κ3) is 4.23. The van der Waals surface area contributed by atoms with E-state index in [1.807, 2.05) is 0 Å². The molecule has 10 heteroatoms. The van der Waals surface area contributed by atoms with Gasteiger partial charge in [-0.2, -0.15) is 17.5 Å². The van der Waals surface area contributed by atoms with Gasteiger partial charge in [0.05, 0.1) is 16.0 Å². The van der Waals surface area contributed by atoms with Crippen LogP contribution in [0.4, 0.5) is 13.2 Å². The van der Waals surface area contributed by atoms with Crippen LogP contribution in [0.15, 0.2) is 57.9 Å². The topological polar surface area (TPSA) is 57.7 Å². The van der Waals surface area contributed by atoms with E-state index in [0.29, 0.717) is 16.1 Å². The minimum atomic E-state index is -4.63. The molecule has 1 aliphatic rings. The summed E-state index contributed by atoms with van der Waals surface area (Å²) in [5, 5.41) is 0. The number of nitrogens with zero attached hydrogens (tertiary/aromatic N) is 2. The lowest BCUT2D eigenvalue weighted by Gasteiger charge is -2.34. The van der Waals surface area contributed by atoms with Gasteiger partial charge in [-0.1, -0.05) is 18.2 Å². The number of carbonyl (C=O) groups is 1. The summed E-state index contributed by atoms with van der Waals surface area (Å²) in [6.07, 6.45) is -4.63. The van der Waals surface area contributed by atoms with Gasteiger partial charge in [-0.15, -0.1) is 0 Å². The van der Waals surface area contributed by atoms with E-state index >= 15 is 0 Å². The van der Waals surface area contributed by atoms with Crippen molar-refractivity contribution in [1.29, 1.82) is 0 Å². The van der Waals surface area contributed by atoms with Crippen molar-refractivity contribution in [2.75, 3.05) is 26.2 Å². The third-order valence-electron chi connectivity index (χ3n) is 4.43. The lowest BCUT2D eigenvalue weighted by Crippen LogP contribution is -2.50. The highest BCUT2D eigenvalue weighted by molar-refractivity contribution is 9.10. The van der Waals surface area contributed by atoms with Gasteiger partial charge in [-0.3, -0.25) is 4.79 Å². The molecular formula is C18H16BrF3N2O3S. The fraction of sp³-hybridized carbons (Fsp3) is 0.278. The van der Waals surface area contributed by atoms with Gasteiger partial charge in [0.1, 0.15) is 0 Å². The Balaban J connectivity index is 1.74. The van der Waals surface area contributed by atoms with Crippen molar-refractivity contribution in [3.63, 3.8) is 0 Å². The monoisotopic (exact) mass is 476 g/mol. The smallest absolute Gasteiger partial charge is 0.336 e. The number of sulfonamides is 1. The molecule has 0 unspecified atom stereocenters. The molecule has 3 rings (SSSR count). The Morgan fingerprint density at radius 3 is 2.21 bits per heavy atom. The maximum Gasteiger partial charge on any atom is 0.416 e. The van der Waals surface area contributed by atoms with Gasteiger partial charge in [0.15, 0.2) is 0 Å². The Labute approximate surface area is 168 Å². The summed E-state index contributed by atoms with van der Waals surface area (Å²) in [5.41, 5.74) is -0.548. The van der Waals surface area contributed by atoms with Crippen LogP contribution in [0.3, 0.4) is 0 Å². The molecule has 28 heavy (non-hydrogen) atoms. The second-order valence-electron chi connectivity index (χ2n) is 6.20. The maximum absolute atomic E-state index is 12.9. The molecule has 150 valence electrons. The first kappa shape index (κ1) is 20.8. The second kappa shape index (κ2) is 7.84. The molecule has 0 atom stereocenters. The van der Waals surface area contributed by atoms with E-state index in [2.05, 4.69) is 15.9 Å². The number of benzene rings is 2. The van der Waals surface area contributed by atoms with Gasteiger partial charge < -0.3 is 4.90 Å². The number of hydrogen-bond donors (Lipinski definition) is 0. The largest absolute Gasteiger partial charge is 0.416 e. The Kier molecular flexibility index (Phi) is 5.83. The first-order valence-electron chi connectivity index (χ1n) is 8.32. The first-order valence-corrected chi connectivity index (χ1v) is 10.6. The molecule has 2 aromatic carbocycles. The van der Waals surface area contributed by atoms with Gasteiger partial charge in [0.25, 0.3) is 5.91 Å². The van der Waals surface area contributed by atoms with Crippen molar-refractivity contribution >= 4 is 31.9 Å². The van der Waals surface area contributed by atoms with Crippen LogP contribution in [-0.4, -0.2) is 49.7 Å². The highest BCUT2D eigenvalue weighted by atomic mass is 79.9. The van der Waals surface area contributed by atoms with E-state index in [1.165, 1.54) is 4.90 Å². The molecule has 1 amide bonds.